The number of hydrogen-bond donors (Lipinski definition) is 1. The third kappa shape index (κ3) is 3.96. The zero-order valence-corrected chi connectivity index (χ0v) is 20.1. The molecular formula is C24H30BN3O6. The van der Waals surface area contributed by atoms with Crippen molar-refractivity contribution in [2.75, 3.05) is 20.3 Å². The maximum Gasteiger partial charge on any atom is 0.414 e. The maximum absolute atomic E-state index is 13.3. The predicted molar refractivity (Wildman–Crippen MR) is 124 cm³/mol. The van der Waals surface area contributed by atoms with Crippen LogP contribution >= 0.6 is 0 Å². The molecule has 2 spiro atoms. The number of benzene rings is 1. The van der Waals surface area contributed by atoms with Crippen LogP contribution in [-0.4, -0.2) is 68.5 Å². The molecule has 5 rings (SSSR count). The summed E-state index contributed by atoms with van der Waals surface area (Å²) in [5.41, 5.74) is -0.327. The molecule has 9 nitrogen and oxygen atoms in total. The second-order valence-corrected chi connectivity index (χ2v) is 10.5. The molecule has 2 radical (unpaired) electrons. The van der Waals surface area contributed by atoms with E-state index >= 15 is 0 Å². The standard InChI is InChI=1S/C24H30BN3O6/c1-22(2,3)34-21(30)26-20-27-24(13-19(29)28(20)4)15-7-8-23(31-9-10-32-23)12-18(15)33-17-6-5-14(25)11-16(17)24/h5-6,11,15,18H,7-10,12-13H2,1-4H3,(H,26,27,30). The van der Waals surface area contributed by atoms with Crippen LogP contribution in [0.3, 0.4) is 0 Å². The van der Waals surface area contributed by atoms with E-state index < -0.39 is 23.0 Å². The van der Waals surface area contributed by atoms with Gasteiger partial charge in [0.2, 0.25) is 11.9 Å². The van der Waals surface area contributed by atoms with Crippen molar-refractivity contribution < 1.29 is 28.5 Å². The number of alkyl carbamates (subject to hydrolysis) is 1. The molecule has 0 bridgehead atoms. The van der Waals surface area contributed by atoms with Crippen LogP contribution in [-0.2, 0) is 24.5 Å². The van der Waals surface area contributed by atoms with Gasteiger partial charge in [0.1, 0.15) is 30.8 Å². The molecule has 1 aliphatic carbocycles. The Morgan fingerprint density at radius 1 is 1.29 bits per heavy atom. The molecular weight excluding hydrogens is 437 g/mol. The van der Waals surface area contributed by atoms with E-state index in [0.717, 1.165) is 5.56 Å². The minimum atomic E-state index is -0.943. The Hall–Kier alpha value is -2.59. The number of hydrogen-bond acceptors (Lipinski definition) is 7. The maximum atomic E-state index is 13.3. The highest BCUT2D eigenvalue weighted by molar-refractivity contribution is 6.32. The van der Waals surface area contributed by atoms with Crippen molar-refractivity contribution in [3.05, 3.63) is 23.8 Å². The fraction of sp³-hybridized carbons (Fsp3) is 0.625. The van der Waals surface area contributed by atoms with Gasteiger partial charge < -0.3 is 18.9 Å². The van der Waals surface area contributed by atoms with Gasteiger partial charge in [-0.1, -0.05) is 17.6 Å². The predicted octanol–water partition coefficient (Wildman–Crippen LogP) is 1.72. The van der Waals surface area contributed by atoms with E-state index in [-0.39, 0.29) is 30.3 Å². The fourth-order valence-electron chi connectivity index (χ4n) is 5.54. The molecule has 3 heterocycles. The van der Waals surface area contributed by atoms with Gasteiger partial charge in [-0.05, 0) is 33.3 Å². The van der Waals surface area contributed by atoms with Crippen LogP contribution in [0.4, 0.5) is 4.79 Å². The second-order valence-electron chi connectivity index (χ2n) is 10.5. The van der Waals surface area contributed by atoms with E-state index in [4.69, 9.17) is 31.8 Å². The van der Waals surface area contributed by atoms with Gasteiger partial charge in [-0.15, -0.1) is 0 Å². The van der Waals surface area contributed by atoms with Crippen molar-refractivity contribution in [2.24, 2.45) is 10.9 Å². The van der Waals surface area contributed by atoms with E-state index in [1.807, 2.05) is 12.1 Å². The highest BCUT2D eigenvalue weighted by atomic mass is 16.7. The Kier molecular flexibility index (Phi) is 5.44. The quantitative estimate of drug-likeness (QED) is 0.584. The Morgan fingerprint density at radius 2 is 2.03 bits per heavy atom. The Bertz CT molecular complexity index is 1050. The fourth-order valence-corrected chi connectivity index (χ4v) is 5.54. The molecule has 1 N–H and O–H groups in total. The van der Waals surface area contributed by atoms with Gasteiger partial charge in [-0.3, -0.25) is 15.0 Å². The number of amides is 2. The van der Waals surface area contributed by atoms with Crippen LogP contribution in [0.25, 0.3) is 0 Å². The van der Waals surface area contributed by atoms with Gasteiger partial charge in [-0.25, -0.2) is 9.79 Å². The topological polar surface area (TPSA) is 98.7 Å². The number of carbonyl (C=O) groups is 2. The first kappa shape index (κ1) is 23.2. The van der Waals surface area contributed by atoms with Crippen molar-refractivity contribution in [3.8, 4) is 5.75 Å². The van der Waals surface area contributed by atoms with E-state index in [1.54, 1.807) is 33.9 Å². The number of nitrogens with one attached hydrogen (secondary N) is 1. The number of ether oxygens (including phenoxy) is 4. The average Bonchev–Trinajstić information content (AvgIpc) is 3.18. The zero-order chi connectivity index (χ0) is 24.3. The van der Waals surface area contributed by atoms with Crippen molar-refractivity contribution >= 4 is 31.3 Å². The SMILES string of the molecule is [B]c1ccc2c(c1)C1(CC(=O)N(C)C(NC(=O)OC(C)(C)C)=N1)C1CCC3(CC1O2)OCCO3. The molecule has 3 atom stereocenters. The van der Waals surface area contributed by atoms with Crippen LogP contribution < -0.4 is 15.5 Å². The summed E-state index contributed by atoms with van der Waals surface area (Å²) in [5, 5.41) is 2.69. The first-order valence-electron chi connectivity index (χ1n) is 11.7. The van der Waals surface area contributed by atoms with E-state index in [1.165, 1.54) is 4.90 Å². The van der Waals surface area contributed by atoms with E-state index in [0.29, 0.717) is 43.7 Å². The molecule has 1 saturated heterocycles. The molecule has 10 heteroatoms. The minimum Gasteiger partial charge on any atom is -0.489 e. The lowest BCUT2D eigenvalue weighted by Gasteiger charge is -2.53. The van der Waals surface area contributed by atoms with Gasteiger partial charge in [0, 0.05) is 31.4 Å². The minimum absolute atomic E-state index is 0.131. The van der Waals surface area contributed by atoms with Gasteiger partial charge >= 0.3 is 6.09 Å². The van der Waals surface area contributed by atoms with Gasteiger partial charge in [0.05, 0.1) is 19.6 Å². The molecule has 2 amide bonds. The summed E-state index contributed by atoms with van der Waals surface area (Å²) >= 11 is 0. The smallest absolute Gasteiger partial charge is 0.414 e. The summed E-state index contributed by atoms with van der Waals surface area (Å²) < 4.78 is 23.8. The summed E-state index contributed by atoms with van der Waals surface area (Å²) in [5.74, 6) is -0.182. The molecule has 180 valence electrons. The monoisotopic (exact) mass is 467 g/mol. The van der Waals surface area contributed by atoms with E-state index in [2.05, 4.69) is 5.32 Å². The van der Waals surface area contributed by atoms with Crippen molar-refractivity contribution in [1.82, 2.24) is 10.2 Å². The lowest BCUT2D eigenvalue weighted by Crippen LogP contribution is -2.60. The zero-order valence-electron chi connectivity index (χ0n) is 20.1. The number of guanidine groups is 1. The van der Waals surface area contributed by atoms with Crippen molar-refractivity contribution in [2.45, 2.75) is 69.5 Å². The molecule has 34 heavy (non-hydrogen) atoms. The van der Waals surface area contributed by atoms with Gasteiger partial charge in [0.15, 0.2) is 5.79 Å². The summed E-state index contributed by atoms with van der Waals surface area (Å²) in [6.45, 7) is 6.44. The molecule has 1 aromatic rings. The largest absolute Gasteiger partial charge is 0.489 e. The van der Waals surface area contributed by atoms with Crippen molar-refractivity contribution in [1.29, 1.82) is 0 Å². The molecule has 1 saturated carbocycles. The highest BCUT2D eigenvalue weighted by Gasteiger charge is 2.59. The van der Waals surface area contributed by atoms with Crippen LogP contribution in [0.2, 0.25) is 0 Å². The normalized spacial score (nSPS) is 29.8. The lowest BCUT2D eigenvalue weighted by molar-refractivity contribution is -0.210. The van der Waals surface area contributed by atoms with Crippen LogP contribution in [0.5, 0.6) is 5.75 Å². The third-order valence-electron chi connectivity index (χ3n) is 7.00. The Morgan fingerprint density at radius 3 is 2.74 bits per heavy atom. The summed E-state index contributed by atoms with van der Waals surface area (Å²) in [6.07, 6.45) is 1.08. The molecule has 4 aliphatic rings. The lowest BCUT2D eigenvalue weighted by atomic mass is 9.64. The number of aliphatic imine (C=N–C) groups is 1. The van der Waals surface area contributed by atoms with Gasteiger partial charge in [-0.2, -0.15) is 0 Å². The number of carbonyl (C=O) groups excluding carboxylic acids is 2. The Labute approximate surface area is 200 Å². The number of rotatable bonds is 0. The average molecular weight is 467 g/mol. The molecule has 1 aromatic carbocycles. The molecule has 3 aliphatic heterocycles. The first-order chi connectivity index (χ1) is 16.0. The number of fused-ring (bicyclic) bond motifs is 4. The van der Waals surface area contributed by atoms with Crippen LogP contribution in [0.1, 0.15) is 52.0 Å². The van der Waals surface area contributed by atoms with Gasteiger partial charge in [0.25, 0.3) is 0 Å². The first-order valence-corrected chi connectivity index (χ1v) is 11.7. The molecule has 2 fully saturated rings. The van der Waals surface area contributed by atoms with E-state index in [9.17, 15) is 9.59 Å². The molecule has 3 unspecified atom stereocenters. The highest BCUT2D eigenvalue weighted by Crippen LogP contribution is 2.55. The summed E-state index contributed by atoms with van der Waals surface area (Å²) in [6, 6.07) is 5.42. The van der Waals surface area contributed by atoms with Crippen molar-refractivity contribution in [3.63, 3.8) is 0 Å². The van der Waals surface area contributed by atoms with Crippen LogP contribution in [0, 0.1) is 5.92 Å². The second kappa shape index (κ2) is 7.98. The Balaban J connectivity index is 1.58. The molecule has 0 aromatic heterocycles. The van der Waals surface area contributed by atoms with Crippen LogP contribution in [0.15, 0.2) is 23.2 Å². The summed E-state index contributed by atoms with van der Waals surface area (Å²) in [7, 11) is 7.75. The third-order valence-corrected chi connectivity index (χ3v) is 7.00. The number of nitrogens with zero attached hydrogens (tertiary/aromatic N) is 2. The summed E-state index contributed by atoms with van der Waals surface area (Å²) in [4.78, 5) is 32.3.